The molecule has 3 N–H and O–H groups in total. The Kier molecular flexibility index (Phi) is 11.3. The van der Waals surface area contributed by atoms with Crippen molar-refractivity contribution in [1.29, 1.82) is 0 Å². The Morgan fingerprint density at radius 1 is 1.18 bits per heavy atom. The Morgan fingerprint density at radius 3 is 2.46 bits per heavy atom. The van der Waals surface area contributed by atoms with Crippen molar-refractivity contribution in [2.75, 3.05) is 31.7 Å². The number of sulfonamides is 1. The van der Waals surface area contributed by atoms with Crippen LogP contribution in [0.1, 0.15) is 38.5 Å². The van der Waals surface area contributed by atoms with Gasteiger partial charge in [-0.2, -0.15) is 0 Å². The van der Waals surface area contributed by atoms with E-state index in [1.807, 2.05) is 23.7 Å². The molecule has 216 valence electrons. The second kappa shape index (κ2) is 14.0. The van der Waals surface area contributed by atoms with Gasteiger partial charge in [0.15, 0.2) is 0 Å². The minimum absolute atomic E-state index is 0.0339. The molecule has 0 saturated heterocycles. The molecule has 0 radical (unpaired) electrons. The SMILES string of the molecule is CN(C)CC[C@H](CSc1ccc(F)cc1)Nc1ccc(S(=O)(=O)NC(=O)C2(F)CCCCC2)cc1[I-][N+](=O)O. The van der Waals surface area contributed by atoms with Crippen molar-refractivity contribution in [1.82, 2.24) is 9.62 Å². The number of hydrogen-bond acceptors (Lipinski definition) is 7. The van der Waals surface area contributed by atoms with E-state index in [1.54, 1.807) is 12.1 Å². The molecule has 1 atom stereocenters. The normalized spacial score (nSPS) is 16.1. The molecule has 1 saturated carbocycles. The van der Waals surface area contributed by atoms with E-state index in [4.69, 9.17) is 0 Å². The van der Waals surface area contributed by atoms with E-state index >= 15 is 4.39 Å². The molecule has 0 unspecified atom stereocenters. The summed E-state index contributed by atoms with van der Waals surface area (Å²) in [5, 5.41) is 12.8. The maximum atomic E-state index is 15.0. The van der Waals surface area contributed by atoms with E-state index in [1.165, 1.54) is 42.1 Å². The fourth-order valence-corrected chi connectivity index (χ4v) is 7.86. The molecule has 0 spiro atoms. The standard InChI is InChI=1S/C25H33F2IN4O5S2/c1-31(2)15-12-19(17-38-20-8-6-18(26)7-9-20)29-23-11-10-21(16-22(23)28-32(34)35)39(36,37)30-24(33)25(27)13-4-3-5-14-25/h6-11,16,19,29H,3-5,12-15,17H2,1-2H3,(H,30,33)(H,34,35)/t19-/m1/s1. The van der Waals surface area contributed by atoms with Crippen LogP contribution in [0.25, 0.3) is 0 Å². The van der Waals surface area contributed by atoms with Crippen LogP contribution in [0.15, 0.2) is 52.3 Å². The Labute approximate surface area is 242 Å². The van der Waals surface area contributed by atoms with E-state index in [0.717, 1.165) is 17.9 Å². The topological polar surface area (TPSA) is 119 Å². The first-order valence-electron chi connectivity index (χ1n) is 12.4. The van der Waals surface area contributed by atoms with Crippen LogP contribution < -0.4 is 31.5 Å². The summed E-state index contributed by atoms with van der Waals surface area (Å²) in [4.78, 5) is 26.7. The predicted octanol–water partition coefficient (Wildman–Crippen LogP) is 1.17. The third kappa shape index (κ3) is 9.53. The van der Waals surface area contributed by atoms with E-state index in [0.29, 0.717) is 30.7 Å². The number of nitrogens with zero attached hydrogens (tertiary/aromatic N) is 2. The maximum absolute atomic E-state index is 15.0. The van der Waals surface area contributed by atoms with E-state index in [9.17, 15) is 27.7 Å². The van der Waals surface area contributed by atoms with Crippen LogP contribution in [-0.4, -0.2) is 65.7 Å². The number of amides is 1. The number of carbonyl (C=O) groups is 1. The van der Waals surface area contributed by atoms with Gasteiger partial charge in [0.1, 0.15) is 0 Å². The van der Waals surface area contributed by atoms with Gasteiger partial charge in [-0.3, -0.25) is 0 Å². The average molecular weight is 699 g/mol. The Balaban J connectivity index is 1.81. The van der Waals surface area contributed by atoms with Crippen LogP contribution in [0.4, 0.5) is 14.5 Å². The molecule has 2 aromatic carbocycles. The van der Waals surface area contributed by atoms with Crippen molar-refractivity contribution >= 4 is 33.4 Å². The molecule has 39 heavy (non-hydrogen) atoms. The molecular formula is C25H33F2IN4O5S2. The van der Waals surface area contributed by atoms with Gasteiger partial charge in [-0.1, -0.05) is 0 Å². The number of thioether (sulfide) groups is 1. The number of hydrogen-bond donors (Lipinski definition) is 3. The van der Waals surface area contributed by atoms with Crippen LogP contribution in [0.5, 0.6) is 0 Å². The number of anilines is 1. The summed E-state index contributed by atoms with van der Waals surface area (Å²) in [7, 11) is -0.544. The molecule has 9 nitrogen and oxygen atoms in total. The second-order valence-corrected chi connectivity index (χ2v) is 14.9. The van der Waals surface area contributed by atoms with Crippen LogP contribution >= 0.6 is 11.8 Å². The van der Waals surface area contributed by atoms with Crippen LogP contribution in [0.2, 0.25) is 0 Å². The summed E-state index contributed by atoms with van der Waals surface area (Å²) in [6, 6.07) is 10.0. The monoisotopic (exact) mass is 698 g/mol. The van der Waals surface area contributed by atoms with Gasteiger partial charge < -0.3 is 0 Å². The average Bonchev–Trinajstić information content (AvgIpc) is 2.87. The molecule has 1 aliphatic carbocycles. The van der Waals surface area contributed by atoms with Gasteiger partial charge in [-0.15, -0.1) is 0 Å². The number of benzene rings is 2. The van der Waals surface area contributed by atoms with Crippen molar-refractivity contribution in [2.24, 2.45) is 0 Å². The number of nitrogens with one attached hydrogen (secondary N) is 2. The fourth-order valence-electron chi connectivity index (χ4n) is 4.10. The zero-order chi connectivity index (χ0) is 28.6. The van der Waals surface area contributed by atoms with Gasteiger partial charge in [0.2, 0.25) is 0 Å². The number of alkyl halides is 1. The van der Waals surface area contributed by atoms with Crippen LogP contribution in [-0.2, 0) is 14.8 Å². The number of carbonyl (C=O) groups excluding carboxylic acids is 1. The fraction of sp³-hybridized carbons (Fsp3) is 0.480. The molecule has 3 rings (SSSR count). The molecule has 0 aromatic heterocycles. The second-order valence-electron chi connectivity index (χ2n) is 9.61. The molecule has 1 fully saturated rings. The van der Waals surface area contributed by atoms with Crippen molar-refractivity contribution in [2.45, 2.75) is 60.0 Å². The van der Waals surface area contributed by atoms with Gasteiger partial charge in [0.25, 0.3) is 0 Å². The molecular weight excluding hydrogens is 665 g/mol. The summed E-state index contributed by atoms with van der Waals surface area (Å²) < 4.78 is 56.2. The minimum atomic E-state index is -4.42. The molecule has 1 amide bonds. The summed E-state index contributed by atoms with van der Waals surface area (Å²) >= 11 is -0.200. The Bertz CT molecular complexity index is 1260. The van der Waals surface area contributed by atoms with Gasteiger partial charge in [0, 0.05) is 0 Å². The van der Waals surface area contributed by atoms with Crippen LogP contribution in [0.3, 0.4) is 0 Å². The van der Waals surface area contributed by atoms with Gasteiger partial charge in [-0.05, 0) is 0 Å². The van der Waals surface area contributed by atoms with E-state index in [2.05, 4.69) is 5.32 Å². The zero-order valence-electron chi connectivity index (χ0n) is 21.7. The quantitative estimate of drug-likeness (QED) is 0.124. The first kappa shape index (κ1) is 31.5. The molecule has 0 aliphatic heterocycles. The zero-order valence-corrected chi connectivity index (χ0v) is 25.5. The summed E-state index contributed by atoms with van der Waals surface area (Å²) in [6.07, 6.45) is 2.43. The molecule has 0 bridgehead atoms. The summed E-state index contributed by atoms with van der Waals surface area (Å²) in [6.45, 7) is 0.739. The predicted molar refractivity (Wildman–Crippen MR) is 141 cm³/mol. The van der Waals surface area contributed by atoms with Gasteiger partial charge >= 0.3 is 243 Å². The summed E-state index contributed by atoms with van der Waals surface area (Å²) in [5.41, 5.74) is -1.76. The molecule has 2 aromatic rings. The first-order chi connectivity index (χ1) is 18.4. The van der Waals surface area contributed by atoms with Crippen molar-refractivity contribution in [3.05, 3.63) is 56.8 Å². The molecule has 0 heterocycles. The number of rotatable bonds is 13. The third-order valence-corrected chi connectivity index (χ3v) is 10.6. The first-order valence-corrected chi connectivity index (χ1v) is 16.9. The van der Waals surface area contributed by atoms with Crippen LogP contribution in [0, 0.1) is 14.3 Å². The van der Waals surface area contributed by atoms with Gasteiger partial charge in [0.05, 0.1) is 0 Å². The molecule has 14 heteroatoms. The van der Waals surface area contributed by atoms with Crippen molar-refractivity contribution < 1.29 is 51.8 Å². The van der Waals surface area contributed by atoms with E-state index in [-0.39, 0.29) is 36.3 Å². The molecule has 1 aliphatic rings. The Morgan fingerprint density at radius 2 is 1.85 bits per heavy atom. The third-order valence-electron chi connectivity index (χ3n) is 6.24. The number of halogens is 3. The van der Waals surface area contributed by atoms with Crippen molar-refractivity contribution in [3.8, 4) is 0 Å². The Hall–Kier alpha value is -2.04. The summed E-state index contributed by atoms with van der Waals surface area (Å²) in [5.74, 6) is -0.922. The van der Waals surface area contributed by atoms with Gasteiger partial charge in [-0.25, -0.2) is 0 Å². The van der Waals surface area contributed by atoms with Crippen molar-refractivity contribution in [3.63, 3.8) is 0 Å². The van der Waals surface area contributed by atoms with E-state index < -0.39 is 43.1 Å².